The lowest BCUT2D eigenvalue weighted by Gasteiger charge is -2.20. The van der Waals surface area contributed by atoms with E-state index in [1.54, 1.807) is 27.3 Å². The Hall–Kier alpha value is -2.96. The number of methoxy groups -OCH3 is 2. The minimum absolute atomic E-state index is 0.143. The van der Waals surface area contributed by atoms with Crippen LogP contribution < -0.4 is 24.8 Å². The molecule has 2 N–H and O–H groups in total. The Morgan fingerprint density at radius 2 is 1.97 bits per heavy atom. The highest BCUT2D eigenvalue weighted by Crippen LogP contribution is 2.31. The van der Waals surface area contributed by atoms with Crippen LogP contribution in [-0.2, 0) is 6.54 Å². The molecule has 0 bridgehead atoms. The van der Waals surface area contributed by atoms with E-state index in [9.17, 15) is 4.39 Å². The van der Waals surface area contributed by atoms with Gasteiger partial charge in [-0.3, -0.25) is 4.99 Å². The molecule has 3 rings (SSSR count). The van der Waals surface area contributed by atoms with Crippen LogP contribution in [0.5, 0.6) is 17.2 Å². The smallest absolute Gasteiger partial charge is 0.191 e. The van der Waals surface area contributed by atoms with Gasteiger partial charge >= 0.3 is 0 Å². The van der Waals surface area contributed by atoms with Gasteiger partial charge in [0, 0.05) is 19.2 Å². The van der Waals surface area contributed by atoms with Crippen LogP contribution in [0.1, 0.15) is 36.9 Å². The summed E-state index contributed by atoms with van der Waals surface area (Å²) < 4.78 is 30.8. The van der Waals surface area contributed by atoms with Gasteiger partial charge in [-0.1, -0.05) is 18.2 Å². The molecule has 0 aliphatic heterocycles. The predicted octanol–water partition coefficient (Wildman–Crippen LogP) is 4.06. The zero-order valence-corrected chi connectivity index (χ0v) is 18.0. The third-order valence-electron chi connectivity index (χ3n) is 5.14. The molecule has 0 saturated heterocycles. The van der Waals surface area contributed by atoms with Crippen molar-refractivity contribution in [3.63, 3.8) is 0 Å². The minimum Gasteiger partial charge on any atom is -0.493 e. The molecule has 1 aliphatic carbocycles. The number of nitrogens with zero attached hydrogens (tertiary/aromatic N) is 1. The zero-order chi connectivity index (χ0) is 21.5. The number of guanidine groups is 1. The first-order valence-corrected chi connectivity index (χ1v) is 10.1. The lowest BCUT2D eigenvalue weighted by Crippen LogP contribution is -2.38. The Bertz CT molecular complexity index is 884. The molecule has 30 heavy (non-hydrogen) atoms. The van der Waals surface area contributed by atoms with Gasteiger partial charge in [0.05, 0.1) is 26.9 Å². The van der Waals surface area contributed by atoms with E-state index in [4.69, 9.17) is 14.2 Å². The first kappa shape index (κ1) is 21.7. The molecule has 0 amide bonds. The molecule has 2 aromatic rings. The van der Waals surface area contributed by atoms with Crippen LogP contribution >= 0.6 is 0 Å². The number of ether oxygens (including phenoxy) is 3. The second-order valence-corrected chi connectivity index (χ2v) is 7.39. The van der Waals surface area contributed by atoms with Crippen LogP contribution in [0.3, 0.4) is 0 Å². The van der Waals surface area contributed by atoms with E-state index in [1.807, 2.05) is 31.2 Å². The lowest BCUT2D eigenvalue weighted by molar-refractivity contribution is 0.285. The molecule has 0 heterocycles. The molecule has 0 spiro atoms. The lowest BCUT2D eigenvalue weighted by atomic mass is 10.1. The van der Waals surface area contributed by atoms with Crippen molar-refractivity contribution in [2.75, 3.05) is 27.9 Å². The number of hydrogen-bond donors (Lipinski definition) is 2. The molecular weight excluding hydrogens is 385 g/mol. The fraction of sp³-hybridized carbons (Fsp3) is 0.435. The second-order valence-electron chi connectivity index (χ2n) is 7.39. The molecule has 0 aromatic heterocycles. The van der Waals surface area contributed by atoms with Crippen molar-refractivity contribution in [3.8, 4) is 17.2 Å². The summed E-state index contributed by atoms with van der Waals surface area (Å²) in [5.74, 6) is 2.51. The molecule has 1 atom stereocenters. The average molecular weight is 416 g/mol. The average Bonchev–Trinajstić information content (AvgIpc) is 3.59. The Balaban J connectivity index is 1.59. The summed E-state index contributed by atoms with van der Waals surface area (Å²) in [7, 11) is 4.92. The van der Waals surface area contributed by atoms with Crippen LogP contribution in [0.2, 0.25) is 0 Å². The van der Waals surface area contributed by atoms with E-state index in [2.05, 4.69) is 15.6 Å². The van der Waals surface area contributed by atoms with Crippen LogP contribution in [0, 0.1) is 11.7 Å². The summed E-state index contributed by atoms with van der Waals surface area (Å²) in [6.45, 7) is 3.04. The standard InChI is InChI=1S/C23H30FN3O3/c1-15(17-10-11-20(19(24)12-17)30-14-16-8-9-16)27-23(25-2)26-13-18-6-5-7-21(28-3)22(18)29-4/h5-7,10-12,15-16H,8-9,13-14H2,1-4H3,(H2,25,26,27). The van der Waals surface area contributed by atoms with E-state index < -0.39 is 0 Å². The predicted molar refractivity (Wildman–Crippen MR) is 116 cm³/mol. The molecule has 1 saturated carbocycles. The highest BCUT2D eigenvalue weighted by molar-refractivity contribution is 5.80. The van der Waals surface area contributed by atoms with E-state index in [0.717, 1.165) is 11.1 Å². The molecule has 0 radical (unpaired) electrons. The quantitative estimate of drug-likeness (QED) is 0.478. The van der Waals surface area contributed by atoms with Gasteiger partial charge in [0.15, 0.2) is 29.0 Å². The summed E-state index contributed by atoms with van der Waals surface area (Å²) in [5.41, 5.74) is 1.75. The first-order valence-electron chi connectivity index (χ1n) is 10.1. The van der Waals surface area contributed by atoms with Gasteiger partial charge in [-0.25, -0.2) is 4.39 Å². The highest BCUT2D eigenvalue weighted by Gasteiger charge is 2.22. The van der Waals surface area contributed by atoms with Gasteiger partial charge < -0.3 is 24.8 Å². The number of halogens is 1. The van der Waals surface area contributed by atoms with Crippen LogP contribution in [-0.4, -0.2) is 33.8 Å². The maximum atomic E-state index is 14.4. The van der Waals surface area contributed by atoms with Gasteiger partial charge in [0.25, 0.3) is 0 Å². The summed E-state index contributed by atoms with van der Waals surface area (Å²) >= 11 is 0. The SMILES string of the molecule is CN=C(NCc1cccc(OC)c1OC)NC(C)c1ccc(OCC2CC2)c(F)c1. The summed E-state index contributed by atoms with van der Waals surface area (Å²) in [6, 6.07) is 10.7. The molecule has 2 aromatic carbocycles. The Morgan fingerprint density at radius 1 is 1.17 bits per heavy atom. The van der Waals surface area contributed by atoms with Crippen molar-refractivity contribution >= 4 is 5.96 Å². The van der Waals surface area contributed by atoms with E-state index >= 15 is 0 Å². The monoisotopic (exact) mass is 415 g/mol. The van der Waals surface area contributed by atoms with Gasteiger partial charge in [0.2, 0.25) is 0 Å². The summed E-state index contributed by atoms with van der Waals surface area (Å²) in [5, 5.41) is 6.55. The van der Waals surface area contributed by atoms with Gasteiger partial charge in [-0.2, -0.15) is 0 Å². The largest absolute Gasteiger partial charge is 0.493 e. The molecule has 1 fully saturated rings. The number of aliphatic imine (C=N–C) groups is 1. The molecule has 6 nitrogen and oxygen atoms in total. The van der Waals surface area contributed by atoms with Crippen molar-refractivity contribution < 1.29 is 18.6 Å². The number of rotatable bonds is 9. The highest BCUT2D eigenvalue weighted by atomic mass is 19.1. The molecule has 7 heteroatoms. The maximum Gasteiger partial charge on any atom is 0.191 e. The zero-order valence-electron chi connectivity index (χ0n) is 18.0. The first-order chi connectivity index (χ1) is 14.5. The third kappa shape index (κ3) is 5.55. The Morgan fingerprint density at radius 3 is 2.60 bits per heavy atom. The normalized spacial score (nSPS) is 14.8. The van der Waals surface area contributed by atoms with E-state index in [1.165, 1.54) is 18.9 Å². The summed E-state index contributed by atoms with van der Waals surface area (Å²) in [4.78, 5) is 4.27. The fourth-order valence-electron chi connectivity index (χ4n) is 3.15. The fourth-order valence-corrected chi connectivity index (χ4v) is 3.15. The maximum absolute atomic E-state index is 14.4. The van der Waals surface area contributed by atoms with Crippen molar-refractivity contribution in [1.82, 2.24) is 10.6 Å². The molecule has 1 aliphatic rings. The Kier molecular flexibility index (Phi) is 7.38. The van der Waals surface area contributed by atoms with E-state index in [-0.39, 0.29) is 11.9 Å². The van der Waals surface area contributed by atoms with Gasteiger partial charge in [-0.05, 0) is 49.4 Å². The second kappa shape index (κ2) is 10.2. The van der Waals surface area contributed by atoms with E-state index in [0.29, 0.717) is 42.3 Å². The van der Waals surface area contributed by atoms with Crippen LogP contribution in [0.15, 0.2) is 41.4 Å². The topological polar surface area (TPSA) is 64.1 Å². The van der Waals surface area contributed by atoms with Crippen LogP contribution in [0.4, 0.5) is 4.39 Å². The van der Waals surface area contributed by atoms with Gasteiger partial charge in [-0.15, -0.1) is 0 Å². The molecule has 162 valence electrons. The van der Waals surface area contributed by atoms with Crippen molar-refractivity contribution in [3.05, 3.63) is 53.3 Å². The van der Waals surface area contributed by atoms with Crippen molar-refractivity contribution in [2.24, 2.45) is 10.9 Å². The minimum atomic E-state index is -0.342. The number of hydrogen-bond acceptors (Lipinski definition) is 4. The third-order valence-corrected chi connectivity index (χ3v) is 5.14. The number of nitrogens with one attached hydrogen (secondary N) is 2. The van der Waals surface area contributed by atoms with Gasteiger partial charge in [0.1, 0.15) is 0 Å². The van der Waals surface area contributed by atoms with Crippen molar-refractivity contribution in [2.45, 2.75) is 32.4 Å². The van der Waals surface area contributed by atoms with Crippen LogP contribution in [0.25, 0.3) is 0 Å². The molecular formula is C23H30FN3O3. The van der Waals surface area contributed by atoms with Crippen molar-refractivity contribution in [1.29, 1.82) is 0 Å². The Labute approximate surface area is 177 Å². The summed E-state index contributed by atoms with van der Waals surface area (Å²) in [6.07, 6.45) is 2.35. The number of para-hydroxylation sites is 1. The number of benzene rings is 2. The molecule has 1 unspecified atom stereocenters.